The number of nitrogens with one attached hydrogen (secondary N) is 1. The van der Waals surface area contributed by atoms with Gasteiger partial charge in [-0.2, -0.15) is 26.2 Å². The molecule has 0 atom stereocenters. The van der Waals surface area contributed by atoms with Crippen LogP contribution in [0, 0.1) is 0 Å². The van der Waals surface area contributed by atoms with Gasteiger partial charge < -0.3 is 0 Å². The first-order valence-electron chi connectivity index (χ1n) is 8.94. The molecule has 0 spiro atoms. The van der Waals surface area contributed by atoms with E-state index in [0.29, 0.717) is 12.8 Å². The molecule has 2 aliphatic rings. The van der Waals surface area contributed by atoms with Gasteiger partial charge in [-0.05, 0) is 25.7 Å². The normalized spacial score (nSPS) is 21.8. The van der Waals surface area contributed by atoms with E-state index in [4.69, 9.17) is 0 Å². The monoisotopic (exact) mass is 539 g/mol. The third-order valence-corrected chi connectivity index (χ3v) is 13.6. The summed E-state index contributed by atoms with van der Waals surface area (Å²) in [6.07, 6.45) is 1.41. The third kappa shape index (κ3) is 4.58. The number of halogens is 4. The number of hydrogen-bond donors (Lipinski definition) is 1. The van der Waals surface area contributed by atoms with Crippen molar-refractivity contribution in [3.63, 3.8) is 0 Å². The SMILES string of the molecule is O=S(=O)(NS(=O)(=O)C(F)(F)S(=O)(=O)N1CCCCC1)C(F)(F)S(=O)(=O)N1CCCCC1. The second kappa shape index (κ2) is 8.64. The Morgan fingerprint density at radius 3 is 1.03 bits per heavy atom. The minimum atomic E-state index is -6.86. The van der Waals surface area contributed by atoms with E-state index in [9.17, 15) is 51.2 Å². The first-order chi connectivity index (χ1) is 13.9. The summed E-state index contributed by atoms with van der Waals surface area (Å²) in [6, 6.07) is 0. The molecule has 0 amide bonds. The Balaban J connectivity index is 2.39. The summed E-state index contributed by atoms with van der Waals surface area (Å²) in [5.41, 5.74) is 0. The molecular weight excluding hydrogens is 518 g/mol. The van der Waals surface area contributed by atoms with Gasteiger partial charge in [-0.25, -0.2) is 33.7 Å². The second-order valence-electron chi connectivity index (χ2n) is 6.95. The molecule has 2 fully saturated rings. The highest BCUT2D eigenvalue weighted by atomic mass is 32.3. The minimum absolute atomic E-state index is 0.0636. The van der Waals surface area contributed by atoms with Crippen molar-refractivity contribution >= 4 is 40.1 Å². The van der Waals surface area contributed by atoms with E-state index in [1.165, 1.54) is 0 Å². The Kier molecular flexibility index (Phi) is 7.42. The molecule has 0 aromatic heterocycles. The van der Waals surface area contributed by atoms with Gasteiger partial charge in [-0.3, -0.25) is 0 Å². The van der Waals surface area contributed by atoms with Crippen LogP contribution in [0.15, 0.2) is 0 Å². The molecule has 11 nitrogen and oxygen atoms in total. The van der Waals surface area contributed by atoms with Gasteiger partial charge in [0.1, 0.15) is 0 Å². The van der Waals surface area contributed by atoms with E-state index in [1.54, 1.807) is 0 Å². The topological polar surface area (TPSA) is 155 Å². The van der Waals surface area contributed by atoms with Crippen LogP contribution in [0.1, 0.15) is 38.5 Å². The number of piperidine rings is 2. The van der Waals surface area contributed by atoms with Crippen molar-refractivity contribution in [2.45, 2.75) is 47.7 Å². The molecule has 19 heteroatoms. The standard InChI is InChI=1S/C12H21F4N3O8S4/c13-11(14,30(24,25)18-7-3-1-4-8-18)28(20,21)17-29(22,23)12(15,16)31(26,27)19-9-5-2-6-10-19/h17H,1-10H2. The quantitative estimate of drug-likeness (QED) is 0.422. The van der Waals surface area contributed by atoms with Crippen molar-refractivity contribution in [3.05, 3.63) is 0 Å². The van der Waals surface area contributed by atoms with Crippen LogP contribution >= 0.6 is 0 Å². The molecule has 0 bridgehead atoms. The van der Waals surface area contributed by atoms with E-state index in [0.717, 1.165) is 0 Å². The fourth-order valence-electron chi connectivity index (χ4n) is 3.03. The van der Waals surface area contributed by atoms with Gasteiger partial charge >= 0.3 is 29.2 Å². The van der Waals surface area contributed by atoms with Gasteiger partial charge in [0.2, 0.25) is 0 Å². The lowest BCUT2D eigenvalue weighted by Crippen LogP contribution is -2.58. The number of sulfonamides is 4. The van der Waals surface area contributed by atoms with Crippen LogP contribution in [0.4, 0.5) is 17.6 Å². The summed E-state index contributed by atoms with van der Waals surface area (Å²) in [6.45, 7) is -1.95. The molecule has 184 valence electrons. The molecule has 0 unspecified atom stereocenters. The molecule has 0 aromatic rings. The lowest BCUT2D eigenvalue weighted by molar-refractivity contribution is 0.159. The number of alkyl halides is 4. The molecule has 2 aliphatic heterocycles. The number of rotatable bonds is 8. The molecule has 0 aromatic carbocycles. The van der Waals surface area contributed by atoms with E-state index in [2.05, 4.69) is 0 Å². The first-order valence-corrected chi connectivity index (χ1v) is 14.8. The summed E-state index contributed by atoms with van der Waals surface area (Å²) in [4.78, 5) is 0. The molecule has 31 heavy (non-hydrogen) atoms. The molecule has 1 N–H and O–H groups in total. The lowest BCUT2D eigenvalue weighted by atomic mass is 10.2. The zero-order valence-corrected chi connectivity index (χ0v) is 19.1. The van der Waals surface area contributed by atoms with Gasteiger partial charge in [-0.1, -0.05) is 17.0 Å². The highest BCUT2D eigenvalue weighted by Gasteiger charge is 2.67. The molecule has 0 saturated carbocycles. The predicted molar refractivity (Wildman–Crippen MR) is 99.6 cm³/mol. The van der Waals surface area contributed by atoms with Gasteiger partial charge in [0, 0.05) is 26.2 Å². The zero-order chi connectivity index (χ0) is 23.9. The van der Waals surface area contributed by atoms with Crippen LogP contribution in [-0.4, -0.2) is 77.6 Å². The second-order valence-corrected chi connectivity index (χ2v) is 15.1. The van der Waals surface area contributed by atoms with E-state index >= 15 is 0 Å². The zero-order valence-electron chi connectivity index (χ0n) is 15.9. The van der Waals surface area contributed by atoms with Crippen molar-refractivity contribution in [1.82, 2.24) is 12.7 Å². The Morgan fingerprint density at radius 2 is 0.774 bits per heavy atom. The van der Waals surface area contributed by atoms with Crippen molar-refractivity contribution in [3.8, 4) is 0 Å². The van der Waals surface area contributed by atoms with Crippen LogP contribution in [-0.2, 0) is 40.1 Å². The third-order valence-electron chi connectivity index (χ3n) is 4.76. The minimum Gasteiger partial charge on any atom is -0.204 e. The van der Waals surface area contributed by atoms with Crippen LogP contribution in [0.5, 0.6) is 0 Å². The van der Waals surface area contributed by atoms with Gasteiger partial charge in [0.15, 0.2) is 0 Å². The maximum atomic E-state index is 14.4. The van der Waals surface area contributed by atoms with E-state index in [-0.39, 0.29) is 38.4 Å². The van der Waals surface area contributed by atoms with E-state index < -0.39 is 75.4 Å². The van der Waals surface area contributed by atoms with Gasteiger partial charge in [0.25, 0.3) is 20.0 Å². The lowest BCUT2D eigenvalue weighted by Gasteiger charge is -2.31. The average molecular weight is 540 g/mol. The molecule has 2 heterocycles. The largest absolute Gasteiger partial charge is 0.474 e. The Hall–Kier alpha value is -0.600. The Morgan fingerprint density at radius 1 is 0.516 bits per heavy atom. The Labute approximate surface area is 178 Å². The van der Waals surface area contributed by atoms with Gasteiger partial charge in [0.05, 0.1) is 0 Å². The molecular formula is C12H21F4N3O8S4. The number of hydrogen-bond acceptors (Lipinski definition) is 8. The van der Waals surface area contributed by atoms with Crippen LogP contribution in [0.25, 0.3) is 0 Å². The van der Waals surface area contributed by atoms with Crippen molar-refractivity contribution in [2.24, 2.45) is 0 Å². The first kappa shape index (κ1) is 26.7. The fourth-order valence-corrected chi connectivity index (χ4v) is 10.5. The maximum absolute atomic E-state index is 14.4. The smallest absolute Gasteiger partial charge is 0.204 e. The van der Waals surface area contributed by atoms with Crippen molar-refractivity contribution < 1.29 is 51.2 Å². The number of nitrogens with zero attached hydrogens (tertiary/aromatic N) is 2. The van der Waals surface area contributed by atoms with Crippen LogP contribution < -0.4 is 4.13 Å². The molecule has 0 radical (unpaired) electrons. The van der Waals surface area contributed by atoms with Crippen molar-refractivity contribution in [2.75, 3.05) is 26.2 Å². The highest BCUT2D eigenvalue weighted by Crippen LogP contribution is 2.36. The van der Waals surface area contributed by atoms with Crippen molar-refractivity contribution in [1.29, 1.82) is 0 Å². The van der Waals surface area contributed by atoms with Crippen LogP contribution in [0.3, 0.4) is 0 Å². The molecule has 2 rings (SSSR count). The fraction of sp³-hybridized carbons (Fsp3) is 1.00. The summed E-state index contributed by atoms with van der Waals surface area (Å²) < 4.78 is 142. The average Bonchev–Trinajstić information content (AvgIpc) is 2.68. The summed E-state index contributed by atoms with van der Waals surface area (Å²) in [5.74, 6) is 0. The summed E-state index contributed by atoms with van der Waals surface area (Å²) in [7, 11) is -25.8. The highest BCUT2D eigenvalue weighted by molar-refractivity contribution is 8.16. The van der Waals surface area contributed by atoms with Crippen LogP contribution in [0.2, 0.25) is 0 Å². The summed E-state index contributed by atoms with van der Waals surface area (Å²) in [5, 5.41) is 0. The molecule has 2 saturated heterocycles. The maximum Gasteiger partial charge on any atom is 0.474 e. The Bertz CT molecular complexity index is 1010. The molecule has 0 aliphatic carbocycles. The summed E-state index contributed by atoms with van der Waals surface area (Å²) >= 11 is 0. The van der Waals surface area contributed by atoms with Gasteiger partial charge in [-0.15, -0.1) is 0 Å². The predicted octanol–water partition coefficient (Wildman–Crippen LogP) is -0.0324. The van der Waals surface area contributed by atoms with E-state index in [1.807, 2.05) is 0 Å².